The average molecular weight is 567 g/mol. The van der Waals surface area contributed by atoms with E-state index in [-0.39, 0.29) is 11.9 Å². The highest BCUT2D eigenvalue weighted by Gasteiger charge is 2.44. The van der Waals surface area contributed by atoms with Gasteiger partial charge in [0.25, 0.3) is 0 Å². The number of sulfonamides is 1. The number of aliphatic hydroxyl groups excluding tert-OH is 1. The minimum absolute atomic E-state index is 0.248. The van der Waals surface area contributed by atoms with Crippen LogP contribution in [0.3, 0.4) is 0 Å². The topological polar surface area (TPSA) is 139 Å². The summed E-state index contributed by atoms with van der Waals surface area (Å²) in [5.74, 6) is 0.345. The van der Waals surface area contributed by atoms with Crippen LogP contribution in [0.5, 0.6) is 0 Å². The summed E-state index contributed by atoms with van der Waals surface area (Å²) in [6.45, 7) is 4.83. The number of nitrogens with zero attached hydrogens (tertiary/aromatic N) is 7. The lowest BCUT2D eigenvalue weighted by Crippen LogP contribution is -2.38. The van der Waals surface area contributed by atoms with Crippen molar-refractivity contribution >= 4 is 27.3 Å². The third-order valence-electron chi connectivity index (χ3n) is 8.73. The number of hydrogen-bond donors (Lipinski definition) is 2. The second kappa shape index (κ2) is 9.67. The fourth-order valence-electron chi connectivity index (χ4n) is 6.24. The van der Waals surface area contributed by atoms with Crippen molar-refractivity contribution in [3.63, 3.8) is 0 Å². The van der Waals surface area contributed by atoms with Crippen molar-refractivity contribution in [2.24, 2.45) is 5.41 Å². The number of morpholine rings is 1. The Morgan fingerprint density at radius 2 is 1.93 bits per heavy atom. The molecule has 3 aromatic rings. The molecule has 212 valence electrons. The molecule has 12 nitrogen and oxygen atoms in total. The lowest BCUT2D eigenvalue weighted by atomic mass is 9.93. The van der Waals surface area contributed by atoms with E-state index in [4.69, 9.17) is 19.8 Å². The Morgan fingerprint density at radius 1 is 1.10 bits per heavy atom. The van der Waals surface area contributed by atoms with Crippen LogP contribution in [0.15, 0.2) is 30.5 Å². The Hall–Kier alpha value is -3.29. The zero-order valence-electron chi connectivity index (χ0n) is 22.5. The van der Waals surface area contributed by atoms with Gasteiger partial charge in [0.1, 0.15) is 5.69 Å². The largest absolute Gasteiger partial charge is 0.395 e. The van der Waals surface area contributed by atoms with Gasteiger partial charge in [-0.25, -0.2) is 23.1 Å². The van der Waals surface area contributed by atoms with E-state index >= 15 is 0 Å². The molecule has 2 atom stereocenters. The maximum absolute atomic E-state index is 12.4. The molecule has 13 heteroatoms. The van der Waals surface area contributed by atoms with Crippen LogP contribution in [0.4, 0.5) is 17.3 Å². The van der Waals surface area contributed by atoms with E-state index in [1.165, 1.54) is 12.8 Å². The molecule has 1 spiro atoms. The van der Waals surface area contributed by atoms with Crippen molar-refractivity contribution in [3.8, 4) is 17.1 Å². The summed E-state index contributed by atoms with van der Waals surface area (Å²) in [4.78, 5) is 14.1. The Morgan fingerprint density at radius 3 is 2.62 bits per heavy atom. The molecule has 4 aliphatic rings. The van der Waals surface area contributed by atoms with Gasteiger partial charge in [0.05, 0.1) is 60.1 Å². The van der Waals surface area contributed by atoms with Gasteiger partial charge in [0.15, 0.2) is 0 Å². The molecular formula is C27H34N8O4S. The highest BCUT2D eigenvalue weighted by Crippen LogP contribution is 2.54. The molecule has 4 fully saturated rings. The third-order valence-corrected chi connectivity index (χ3v) is 10.00. The highest BCUT2D eigenvalue weighted by molar-refractivity contribution is 7.92. The van der Waals surface area contributed by atoms with E-state index in [0.717, 1.165) is 56.0 Å². The van der Waals surface area contributed by atoms with Gasteiger partial charge < -0.3 is 19.6 Å². The number of benzene rings is 1. The molecule has 2 unspecified atom stereocenters. The van der Waals surface area contributed by atoms with E-state index in [0.29, 0.717) is 41.1 Å². The maximum Gasteiger partial charge on any atom is 0.234 e. The number of anilines is 3. The second-order valence-corrected chi connectivity index (χ2v) is 13.4. The van der Waals surface area contributed by atoms with Gasteiger partial charge in [0.2, 0.25) is 16.0 Å². The van der Waals surface area contributed by atoms with E-state index in [1.54, 1.807) is 10.7 Å². The predicted octanol–water partition coefficient (Wildman–Crippen LogP) is 2.12. The van der Waals surface area contributed by atoms with Gasteiger partial charge in [-0.15, -0.1) is 5.10 Å². The van der Waals surface area contributed by atoms with E-state index in [1.807, 2.05) is 31.3 Å². The smallest absolute Gasteiger partial charge is 0.234 e. The summed E-state index contributed by atoms with van der Waals surface area (Å²) in [5.41, 5.74) is 4.88. The van der Waals surface area contributed by atoms with Crippen LogP contribution in [0.25, 0.3) is 17.1 Å². The molecule has 2 N–H and O–H groups in total. The quantitative estimate of drug-likeness (QED) is 0.417. The maximum atomic E-state index is 12.4. The Labute approximate surface area is 233 Å². The van der Waals surface area contributed by atoms with Gasteiger partial charge in [-0.1, -0.05) is 5.21 Å². The zero-order valence-corrected chi connectivity index (χ0v) is 23.3. The van der Waals surface area contributed by atoms with Crippen LogP contribution < -0.4 is 14.5 Å². The number of aliphatic hydroxyl groups is 1. The summed E-state index contributed by atoms with van der Waals surface area (Å²) >= 11 is 0. The molecular weight excluding hydrogens is 532 g/mol. The number of aryl methyl sites for hydroxylation is 1. The fourth-order valence-corrected chi connectivity index (χ4v) is 7.07. The monoisotopic (exact) mass is 566 g/mol. The third kappa shape index (κ3) is 4.90. The number of rotatable bonds is 8. The second-order valence-electron chi connectivity index (χ2n) is 11.6. The molecule has 40 heavy (non-hydrogen) atoms. The van der Waals surface area contributed by atoms with Gasteiger partial charge in [-0.05, 0) is 68.7 Å². The van der Waals surface area contributed by atoms with Crippen LogP contribution in [0.1, 0.15) is 37.8 Å². The molecule has 1 saturated carbocycles. The molecule has 3 saturated heterocycles. The minimum atomic E-state index is -3.65. The minimum Gasteiger partial charge on any atom is -0.395 e. The van der Waals surface area contributed by atoms with Crippen LogP contribution in [-0.4, -0.2) is 89.2 Å². The lowest BCUT2D eigenvalue weighted by molar-refractivity contribution is 0.0986. The van der Waals surface area contributed by atoms with Gasteiger partial charge in [-0.3, -0.25) is 4.72 Å². The standard InChI is InChI=1S/C27H34N8O4S/c1-18-12-22(29-26(28-18)34-15-21-14-20(34)17-39-21)23-16-35(32-30-23)24-3-2-19(31-40(37,38)11-10-36)13-25(24)33-8-6-27(4-5-27)7-9-33/h2-3,12-13,16,20-21,31,36H,4-11,14-15,17H2,1H3. The predicted molar refractivity (Wildman–Crippen MR) is 150 cm³/mol. The normalized spacial score (nSPS) is 23.2. The van der Waals surface area contributed by atoms with Crippen molar-refractivity contribution in [2.45, 2.75) is 51.2 Å². The summed E-state index contributed by atoms with van der Waals surface area (Å²) in [6.07, 6.45) is 7.98. The molecule has 2 bridgehead atoms. The Balaban J connectivity index is 1.20. The first-order chi connectivity index (χ1) is 19.3. The fraction of sp³-hybridized carbons (Fsp3) is 0.556. The molecule has 3 aliphatic heterocycles. The van der Waals surface area contributed by atoms with Gasteiger partial charge in [-0.2, -0.15) is 0 Å². The van der Waals surface area contributed by atoms with Crippen LogP contribution in [-0.2, 0) is 14.8 Å². The van der Waals surface area contributed by atoms with Crippen LogP contribution >= 0.6 is 0 Å². The molecule has 0 radical (unpaired) electrons. The number of fused-ring (bicyclic) bond motifs is 2. The van der Waals surface area contributed by atoms with Crippen molar-refractivity contribution in [1.29, 1.82) is 0 Å². The van der Waals surface area contributed by atoms with E-state index in [2.05, 4.69) is 24.8 Å². The first-order valence-electron chi connectivity index (χ1n) is 14.0. The summed E-state index contributed by atoms with van der Waals surface area (Å²) in [6, 6.07) is 7.67. The first-order valence-corrected chi connectivity index (χ1v) is 15.6. The molecule has 1 aliphatic carbocycles. The van der Waals surface area contributed by atoms with E-state index in [9.17, 15) is 8.42 Å². The van der Waals surface area contributed by atoms with Gasteiger partial charge in [0, 0.05) is 25.3 Å². The SMILES string of the molecule is Cc1cc(-c2cn(-c3ccc(NS(=O)(=O)CCO)cc3N3CCC4(CC3)CC4)nn2)nc(N2CC3CC2CO3)n1. The van der Waals surface area contributed by atoms with Crippen molar-refractivity contribution in [1.82, 2.24) is 25.0 Å². The van der Waals surface area contributed by atoms with Crippen LogP contribution in [0, 0.1) is 12.3 Å². The lowest BCUT2D eigenvalue weighted by Gasteiger charge is -2.35. The van der Waals surface area contributed by atoms with Gasteiger partial charge >= 0.3 is 0 Å². The number of aromatic nitrogens is 5. The van der Waals surface area contributed by atoms with Crippen molar-refractivity contribution in [3.05, 3.63) is 36.2 Å². The zero-order chi connectivity index (χ0) is 27.5. The molecule has 0 amide bonds. The Bertz CT molecular complexity index is 1530. The number of piperidine rings is 1. The summed E-state index contributed by atoms with van der Waals surface area (Å²) < 4.78 is 34.8. The average Bonchev–Trinajstić information content (AvgIpc) is 3.32. The number of hydrogen-bond acceptors (Lipinski definition) is 10. The van der Waals surface area contributed by atoms with Crippen molar-refractivity contribution in [2.75, 3.05) is 53.1 Å². The molecule has 1 aromatic carbocycles. The first kappa shape index (κ1) is 25.7. The number of nitrogens with one attached hydrogen (secondary N) is 1. The summed E-state index contributed by atoms with van der Waals surface area (Å²) in [5, 5.41) is 18.1. The Kier molecular flexibility index (Phi) is 6.20. The van der Waals surface area contributed by atoms with Crippen molar-refractivity contribution < 1.29 is 18.3 Å². The van der Waals surface area contributed by atoms with E-state index < -0.39 is 16.6 Å². The molecule has 7 rings (SSSR count). The summed E-state index contributed by atoms with van der Waals surface area (Å²) in [7, 11) is -3.65. The molecule has 5 heterocycles. The van der Waals surface area contributed by atoms with Crippen LogP contribution in [0.2, 0.25) is 0 Å². The molecule has 2 aromatic heterocycles. The highest BCUT2D eigenvalue weighted by atomic mass is 32.2. The number of ether oxygens (including phenoxy) is 1.